The summed E-state index contributed by atoms with van der Waals surface area (Å²) in [4.78, 5) is 25.5. The Morgan fingerprint density at radius 1 is 1.19 bits per heavy atom. The number of carboxylic acids is 1. The van der Waals surface area contributed by atoms with Gasteiger partial charge in [-0.2, -0.15) is 0 Å². The predicted octanol–water partition coefficient (Wildman–Crippen LogP) is 3.18. The minimum absolute atomic E-state index is 0.0672. The van der Waals surface area contributed by atoms with E-state index in [1.807, 2.05) is 0 Å². The van der Waals surface area contributed by atoms with Crippen LogP contribution >= 0.6 is 23.2 Å². The van der Waals surface area contributed by atoms with Gasteiger partial charge in [0.1, 0.15) is 0 Å². The molecule has 0 aromatic heterocycles. The van der Waals surface area contributed by atoms with E-state index in [1.54, 1.807) is 17.0 Å². The van der Waals surface area contributed by atoms with Gasteiger partial charge < -0.3 is 10.0 Å². The van der Waals surface area contributed by atoms with Gasteiger partial charge >= 0.3 is 5.97 Å². The lowest BCUT2D eigenvalue weighted by Crippen LogP contribution is -2.30. The average Bonchev–Trinajstić information content (AvgIpc) is 3.16. The Hall–Kier alpha value is -1.26. The van der Waals surface area contributed by atoms with E-state index in [1.165, 1.54) is 6.07 Å². The zero-order valence-electron chi connectivity index (χ0n) is 11.3. The Bertz CT molecular complexity index is 601. The Balaban J connectivity index is 1.80. The van der Waals surface area contributed by atoms with Crippen LogP contribution < -0.4 is 0 Å². The lowest BCUT2D eigenvalue weighted by atomic mass is 9.92. The SMILES string of the molecule is O=C(O)[C@H]1CN(C(=O)c2ccc(Cl)cc2Cl)C[C@@H]1C1CC1. The van der Waals surface area contributed by atoms with Crippen LogP contribution in [-0.2, 0) is 4.79 Å². The third kappa shape index (κ3) is 2.87. The van der Waals surface area contributed by atoms with E-state index in [2.05, 4.69) is 0 Å². The normalized spacial score (nSPS) is 25.1. The molecule has 2 atom stereocenters. The first-order chi connectivity index (χ1) is 9.97. The number of nitrogens with zero attached hydrogens (tertiary/aromatic N) is 1. The van der Waals surface area contributed by atoms with Crippen molar-refractivity contribution in [3.05, 3.63) is 33.8 Å². The first kappa shape index (κ1) is 14.7. The fourth-order valence-electron chi connectivity index (χ4n) is 3.09. The molecule has 2 fully saturated rings. The largest absolute Gasteiger partial charge is 0.481 e. The number of likely N-dealkylation sites (tertiary alicyclic amines) is 1. The number of carboxylic acid groups (broad SMARTS) is 1. The molecule has 1 saturated carbocycles. The van der Waals surface area contributed by atoms with E-state index >= 15 is 0 Å². The number of halogens is 2. The predicted molar refractivity (Wildman–Crippen MR) is 79.7 cm³/mol. The molecule has 112 valence electrons. The monoisotopic (exact) mass is 327 g/mol. The van der Waals surface area contributed by atoms with E-state index < -0.39 is 11.9 Å². The van der Waals surface area contributed by atoms with E-state index in [0.29, 0.717) is 28.1 Å². The highest BCUT2D eigenvalue weighted by molar-refractivity contribution is 6.36. The van der Waals surface area contributed by atoms with Gasteiger partial charge in [-0.25, -0.2) is 0 Å². The lowest BCUT2D eigenvalue weighted by Gasteiger charge is -2.17. The fourth-order valence-corrected chi connectivity index (χ4v) is 3.58. The zero-order chi connectivity index (χ0) is 15.1. The summed E-state index contributed by atoms with van der Waals surface area (Å²) in [5.74, 6) is -0.981. The Morgan fingerprint density at radius 2 is 1.90 bits per heavy atom. The van der Waals surface area contributed by atoms with E-state index in [0.717, 1.165) is 12.8 Å². The molecule has 1 saturated heterocycles. The van der Waals surface area contributed by atoms with Gasteiger partial charge in [0.05, 0.1) is 16.5 Å². The summed E-state index contributed by atoms with van der Waals surface area (Å²) >= 11 is 11.9. The second-order valence-electron chi connectivity index (χ2n) is 5.78. The highest BCUT2D eigenvalue weighted by Gasteiger charge is 2.47. The van der Waals surface area contributed by atoms with Gasteiger partial charge in [0.15, 0.2) is 0 Å². The van der Waals surface area contributed by atoms with Gasteiger partial charge in [-0.15, -0.1) is 0 Å². The first-order valence-corrected chi connectivity index (χ1v) is 7.70. The summed E-state index contributed by atoms with van der Waals surface area (Å²) in [5, 5.41) is 10.1. The van der Waals surface area contributed by atoms with Crippen molar-refractivity contribution in [2.75, 3.05) is 13.1 Å². The first-order valence-electron chi connectivity index (χ1n) is 6.94. The molecule has 1 aromatic carbocycles. The number of benzene rings is 1. The molecule has 0 radical (unpaired) electrons. The van der Waals surface area contributed by atoms with Crippen molar-refractivity contribution in [2.45, 2.75) is 12.8 Å². The smallest absolute Gasteiger partial charge is 0.308 e. The molecule has 0 spiro atoms. The van der Waals surface area contributed by atoms with Crippen LogP contribution in [0.15, 0.2) is 18.2 Å². The van der Waals surface area contributed by atoms with Crippen LogP contribution in [0.2, 0.25) is 10.0 Å². The maximum absolute atomic E-state index is 12.5. The molecule has 1 N–H and O–H groups in total. The van der Waals surface area contributed by atoms with Crippen molar-refractivity contribution in [3.8, 4) is 0 Å². The van der Waals surface area contributed by atoms with Crippen LogP contribution in [0.1, 0.15) is 23.2 Å². The van der Waals surface area contributed by atoms with Crippen molar-refractivity contribution in [3.63, 3.8) is 0 Å². The Kier molecular flexibility index (Phi) is 3.84. The van der Waals surface area contributed by atoms with Crippen LogP contribution in [0.3, 0.4) is 0 Å². The van der Waals surface area contributed by atoms with Crippen LogP contribution in [0, 0.1) is 17.8 Å². The molecule has 1 aromatic rings. The number of hydrogen-bond donors (Lipinski definition) is 1. The standard InChI is InChI=1S/C15H15Cl2NO3/c16-9-3-4-10(13(17)5-9)14(19)18-6-11(8-1-2-8)12(7-18)15(20)21/h3-5,8,11-12H,1-2,6-7H2,(H,20,21)/t11-,12+/m1/s1. The molecule has 1 aliphatic heterocycles. The van der Waals surface area contributed by atoms with Crippen LogP contribution in [0.25, 0.3) is 0 Å². The van der Waals surface area contributed by atoms with Gasteiger partial charge in [-0.3, -0.25) is 9.59 Å². The lowest BCUT2D eigenvalue weighted by molar-refractivity contribution is -0.142. The van der Waals surface area contributed by atoms with Crippen LogP contribution in [0.4, 0.5) is 0 Å². The highest BCUT2D eigenvalue weighted by Crippen LogP contribution is 2.44. The van der Waals surface area contributed by atoms with Crippen molar-refractivity contribution in [1.29, 1.82) is 0 Å². The second kappa shape index (κ2) is 5.50. The summed E-state index contributed by atoms with van der Waals surface area (Å²) in [5.41, 5.74) is 0.377. The third-order valence-electron chi connectivity index (χ3n) is 4.36. The van der Waals surface area contributed by atoms with Crippen LogP contribution in [0.5, 0.6) is 0 Å². The van der Waals surface area contributed by atoms with E-state index in [4.69, 9.17) is 23.2 Å². The summed E-state index contributed by atoms with van der Waals surface area (Å²) in [6.45, 7) is 0.758. The summed E-state index contributed by atoms with van der Waals surface area (Å²) in [6, 6.07) is 4.73. The van der Waals surface area contributed by atoms with Crippen molar-refractivity contribution >= 4 is 35.1 Å². The van der Waals surface area contributed by atoms with Crippen LogP contribution in [-0.4, -0.2) is 35.0 Å². The summed E-state index contributed by atoms with van der Waals surface area (Å²) in [7, 11) is 0. The minimum Gasteiger partial charge on any atom is -0.481 e. The Labute approximate surface area is 132 Å². The van der Waals surface area contributed by atoms with Gasteiger partial charge in [0.2, 0.25) is 0 Å². The van der Waals surface area contributed by atoms with Gasteiger partial charge in [-0.1, -0.05) is 23.2 Å². The number of aliphatic carboxylic acids is 1. The average molecular weight is 328 g/mol. The molecule has 3 rings (SSSR count). The van der Waals surface area contributed by atoms with Gasteiger partial charge in [0.25, 0.3) is 5.91 Å². The number of amides is 1. The second-order valence-corrected chi connectivity index (χ2v) is 6.62. The topological polar surface area (TPSA) is 57.6 Å². The molecule has 1 amide bonds. The summed E-state index contributed by atoms with van der Waals surface area (Å²) in [6.07, 6.45) is 2.14. The summed E-state index contributed by atoms with van der Waals surface area (Å²) < 4.78 is 0. The maximum Gasteiger partial charge on any atom is 0.308 e. The maximum atomic E-state index is 12.5. The van der Waals surface area contributed by atoms with E-state index in [-0.39, 0.29) is 18.4 Å². The molecule has 1 aliphatic carbocycles. The van der Waals surface area contributed by atoms with Gasteiger partial charge in [0, 0.05) is 18.1 Å². The molecular formula is C15H15Cl2NO3. The molecule has 0 unspecified atom stereocenters. The molecule has 6 heteroatoms. The molecular weight excluding hydrogens is 313 g/mol. The number of carbonyl (C=O) groups is 2. The number of carbonyl (C=O) groups excluding carboxylic acids is 1. The number of hydrogen-bond acceptors (Lipinski definition) is 2. The Morgan fingerprint density at radius 3 is 2.48 bits per heavy atom. The van der Waals surface area contributed by atoms with E-state index in [9.17, 15) is 14.7 Å². The minimum atomic E-state index is -0.815. The number of rotatable bonds is 3. The van der Waals surface area contributed by atoms with Crippen molar-refractivity contribution in [2.24, 2.45) is 17.8 Å². The zero-order valence-corrected chi connectivity index (χ0v) is 12.8. The quantitative estimate of drug-likeness (QED) is 0.927. The molecule has 21 heavy (non-hydrogen) atoms. The molecule has 0 bridgehead atoms. The van der Waals surface area contributed by atoms with Crippen molar-refractivity contribution < 1.29 is 14.7 Å². The molecule has 4 nitrogen and oxygen atoms in total. The highest BCUT2D eigenvalue weighted by atomic mass is 35.5. The van der Waals surface area contributed by atoms with Crippen molar-refractivity contribution in [1.82, 2.24) is 4.90 Å². The molecule has 2 aliphatic rings. The molecule has 1 heterocycles. The van der Waals surface area contributed by atoms with Gasteiger partial charge in [-0.05, 0) is 42.9 Å². The fraction of sp³-hybridized carbons (Fsp3) is 0.467. The third-order valence-corrected chi connectivity index (χ3v) is 4.91.